The number of hydrogen-bond donors (Lipinski definition) is 1. The van der Waals surface area contributed by atoms with Crippen molar-refractivity contribution in [1.29, 1.82) is 0 Å². The summed E-state index contributed by atoms with van der Waals surface area (Å²) in [7, 11) is 1.87. The largest absolute Gasteiger partial charge is 0.349 e. The van der Waals surface area contributed by atoms with Crippen LogP contribution in [0.2, 0.25) is 0 Å². The first-order valence-electron chi connectivity index (χ1n) is 11.6. The number of rotatable bonds is 4. The summed E-state index contributed by atoms with van der Waals surface area (Å²) >= 11 is 0. The Kier molecular flexibility index (Phi) is 5.30. The number of amides is 2. The Bertz CT molecular complexity index is 973. The third-order valence-corrected chi connectivity index (χ3v) is 7.50. The molecule has 2 heterocycles. The Morgan fingerprint density at radius 1 is 1.06 bits per heavy atom. The first-order valence-corrected chi connectivity index (χ1v) is 11.6. The van der Waals surface area contributed by atoms with Crippen LogP contribution >= 0.6 is 0 Å². The molecule has 1 saturated heterocycles. The lowest BCUT2D eigenvalue weighted by atomic mass is 9.73. The van der Waals surface area contributed by atoms with Crippen molar-refractivity contribution in [3.05, 3.63) is 65.2 Å². The average Bonchev–Trinajstić information content (AvgIpc) is 3.38. The van der Waals surface area contributed by atoms with Crippen LogP contribution in [0.5, 0.6) is 0 Å². The number of nitrogens with zero attached hydrogens (tertiary/aromatic N) is 2. The first kappa shape index (κ1) is 20.3. The molecule has 2 aromatic rings. The molecular formula is C26H31N3O2. The number of likely N-dealkylation sites (tertiary alicyclic amines) is 1. The molecule has 1 aliphatic carbocycles. The molecule has 0 aromatic heterocycles. The third kappa shape index (κ3) is 3.65. The summed E-state index contributed by atoms with van der Waals surface area (Å²) in [5.41, 5.74) is 3.48. The van der Waals surface area contributed by atoms with E-state index in [-0.39, 0.29) is 11.8 Å². The van der Waals surface area contributed by atoms with Gasteiger partial charge in [0.2, 0.25) is 5.91 Å². The van der Waals surface area contributed by atoms with Crippen LogP contribution in [0.3, 0.4) is 0 Å². The van der Waals surface area contributed by atoms with E-state index in [1.807, 2.05) is 31.3 Å². The van der Waals surface area contributed by atoms with Crippen molar-refractivity contribution >= 4 is 17.5 Å². The number of piperidine rings is 1. The van der Waals surface area contributed by atoms with Crippen molar-refractivity contribution in [2.75, 3.05) is 25.0 Å². The lowest BCUT2D eigenvalue weighted by Crippen LogP contribution is -2.47. The second-order valence-electron chi connectivity index (χ2n) is 9.39. The van der Waals surface area contributed by atoms with E-state index < -0.39 is 5.41 Å². The highest BCUT2D eigenvalue weighted by molar-refractivity contribution is 6.09. The van der Waals surface area contributed by atoms with Crippen LogP contribution in [0, 0.1) is 0 Å². The number of carbonyl (C=O) groups is 2. The highest BCUT2D eigenvalue weighted by Gasteiger charge is 2.51. The van der Waals surface area contributed by atoms with Gasteiger partial charge in [0.15, 0.2) is 0 Å². The minimum Gasteiger partial charge on any atom is -0.349 e. The minimum absolute atomic E-state index is 0.00614. The van der Waals surface area contributed by atoms with Gasteiger partial charge in [-0.05, 0) is 68.1 Å². The molecule has 1 N–H and O–H groups in total. The molecule has 1 saturated carbocycles. The zero-order valence-corrected chi connectivity index (χ0v) is 18.3. The van der Waals surface area contributed by atoms with Crippen LogP contribution in [0.1, 0.15) is 60.0 Å². The molecule has 5 heteroatoms. The van der Waals surface area contributed by atoms with Gasteiger partial charge >= 0.3 is 0 Å². The summed E-state index contributed by atoms with van der Waals surface area (Å²) in [6.07, 6.45) is 6.11. The van der Waals surface area contributed by atoms with Crippen LogP contribution < -0.4 is 10.2 Å². The van der Waals surface area contributed by atoms with Crippen molar-refractivity contribution in [2.45, 2.75) is 56.5 Å². The minimum atomic E-state index is -0.499. The van der Waals surface area contributed by atoms with E-state index in [1.54, 1.807) is 4.90 Å². The van der Waals surface area contributed by atoms with E-state index in [0.29, 0.717) is 11.6 Å². The summed E-state index contributed by atoms with van der Waals surface area (Å²) in [4.78, 5) is 30.5. The van der Waals surface area contributed by atoms with Crippen LogP contribution in [0.4, 0.5) is 5.69 Å². The first-order chi connectivity index (χ1) is 15.1. The zero-order valence-electron chi connectivity index (χ0n) is 18.3. The Hall–Kier alpha value is -2.66. The molecule has 0 bridgehead atoms. The summed E-state index contributed by atoms with van der Waals surface area (Å²) in [5.74, 6) is 0.170. The van der Waals surface area contributed by atoms with Crippen molar-refractivity contribution in [2.24, 2.45) is 0 Å². The second-order valence-corrected chi connectivity index (χ2v) is 9.39. The quantitative estimate of drug-likeness (QED) is 0.822. The molecule has 2 aromatic carbocycles. The fraction of sp³-hybridized carbons (Fsp3) is 0.462. The SMILES string of the molecule is CN1C(=O)C2(CCN(Cc3ccccc3)CC2)c2cc(C(=O)NC3CCCC3)ccc21. The van der Waals surface area contributed by atoms with E-state index in [1.165, 1.54) is 18.4 Å². The van der Waals surface area contributed by atoms with Gasteiger partial charge in [-0.15, -0.1) is 0 Å². The lowest BCUT2D eigenvalue weighted by molar-refractivity contribution is -0.124. The van der Waals surface area contributed by atoms with Crippen LogP contribution in [0.15, 0.2) is 48.5 Å². The number of benzene rings is 2. The molecule has 31 heavy (non-hydrogen) atoms. The van der Waals surface area contributed by atoms with E-state index in [9.17, 15) is 9.59 Å². The van der Waals surface area contributed by atoms with Gasteiger partial charge in [-0.25, -0.2) is 0 Å². The molecule has 0 radical (unpaired) electrons. The summed E-state index contributed by atoms with van der Waals surface area (Å²) in [6, 6.07) is 16.6. The van der Waals surface area contributed by atoms with E-state index >= 15 is 0 Å². The zero-order chi connectivity index (χ0) is 21.4. The van der Waals surface area contributed by atoms with Crippen molar-refractivity contribution < 1.29 is 9.59 Å². The lowest BCUT2D eigenvalue weighted by Gasteiger charge is -2.38. The molecule has 2 aliphatic heterocycles. The van der Waals surface area contributed by atoms with Gasteiger partial charge in [0.1, 0.15) is 0 Å². The van der Waals surface area contributed by atoms with Gasteiger partial charge in [-0.2, -0.15) is 0 Å². The van der Waals surface area contributed by atoms with Gasteiger partial charge in [0.25, 0.3) is 5.91 Å². The molecular weight excluding hydrogens is 386 g/mol. The predicted octanol–water partition coefficient (Wildman–Crippen LogP) is 3.87. The second kappa shape index (κ2) is 8.12. The normalized spacial score (nSPS) is 20.9. The highest BCUT2D eigenvalue weighted by atomic mass is 16.2. The van der Waals surface area contributed by atoms with Gasteiger partial charge in [0.05, 0.1) is 5.41 Å². The predicted molar refractivity (Wildman–Crippen MR) is 122 cm³/mol. The standard InChI is InChI=1S/C26H31N3O2/c1-28-23-12-11-20(24(30)27-21-9-5-6-10-21)17-22(23)26(25(28)31)13-15-29(16-14-26)18-19-7-3-2-4-8-19/h2-4,7-8,11-12,17,21H,5-6,9-10,13-16,18H2,1H3,(H,27,30). The van der Waals surface area contributed by atoms with Gasteiger partial charge in [0, 0.05) is 30.9 Å². The van der Waals surface area contributed by atoms with Crippen molar-refractivity contribution in [3.63, 3.8) is 0 Å². The van der Waals surface area contributed by atoms with Crippen molar-refractivity contribution in [3.8, 4) is 0 Å². The maximum absolute atomic E-state index is 13.4. The van der Waals surface area contributed by atoms with Gasteiger partial charge in [-0.1, -0.05) is 43.2 Å². The fourth-order valence-corrected chi connectivity index (χ4v) is 5.66. The number of fused-ring (bicyclic) bond motifs is 2. The molecule has 162 valence electrons. The summed E-state index contributed by atoms with van der Waals surface area (Å²) in [6.45, 7) is 2.68. The molecule has 2 amide bonds. The summed E-state index contributed by atoms with van der Waals surface area (Å²) < 4.78 is 0. The van der Waals surface area contributed by atoms with E-state index in [2.05, 4.69) is 34.5 Å². The van der Waals surface area contributed by atoms with Crippen LogP contribution in [0.25, 0.3) is 0 Å². The van der Waals surface area contributed by atoms with Crippen LogP contribution in [-0.4, -0.2) is 42.9 Å². The molecule has 1 spiro atoms. The Balaban J connectivity index is 1.36. The topological polar surface area (TPSA) is 52.7 Å². The number of hydrogen-bond acceptors (Lipinski definition) is 3. The third-order valence-electron chi connectivity index (χ3n) is 7.50. The molecule has 0 atom stereocenters. The van der Waals surface area contributed by atoms with Crippen molar-refractivity contribution in [1.82, 2.24) is 10.2 Å². The molecule has 0 unspecified atom stereocenters. The van der Waals surface area contributed by atoms with Crippen LogP contribution in [-0.2, 0) is 16.8 Å². The van der Waals surface area contributed by atoms with E-state index in [0.717, 1.165) is 56.6 Å². The smallest absolute Gasteiger partial charge is 0.251 e. The molecule has 3 aliphatic rings. The molecule has 5 rings (SSSR count). The monoisotopic (exact) mass is 417 g/mol. The van der Waals surface area contributed by atoms with Gasteiger partial charge < -0.3 is 10.2 Å². The number of anilines is 1. The molecule has 5 nitrogen and oxygen atoms in total. The maximum Gasteiger partial charge on any atom is 0.251 e. The Morgan fingerprint density at radius 3 is 2.48 bits per heavy atom. The Morgan fingerprint density at radius 2 is 1.77 bits per heavy atom. The number of nitrogens with one attached hydrogen (secondary N) is 1. The van der Waals surface area contributed by atoms with E-state index in [4.69, 9.17) is 0 Å². The van der Waals surface area contributed by atoms with Gasteiger partial charge in [-0.3, -0.25) is 14.5 Å². The summed E-state index contributed by atoms with van der Waals surface area (Å²) in [5, 5.41) is 3.19. The fourth-order valence-electron chi connectivity index (χ4n) is 5.66. The molecule has 2 fully saturated rings. The highest BCUT2D eigenvalue weighted by Crippen LogP contribution is 2.47. The maximum atomic E-state index is 13.4. The number of likely N-dealkylation sites (N-methyl/N-ethyl adjacent to an activating group) is 1. The average molecular weight is 418 g/mol. The Labute approximate surface area is 184 Å². The number of carbonyl (C=O) groups excluding carboxylic acids is 2.